The maximum Gasteiger partial charge on any atom is 0.222 e. The quantitative estimate of drug-likeness (QED) is 0.837. The molecule has 0 aliphatic carbocycles. The first kappa shape index (κ1) is 16.3. The minimum atomic E-state index is -0.130. The molecule has 1 unspecified atom stereocenters. The number of amides is 1. The monoisotopic (exact) mass is 273 g/mol. The van der Waals surface area contributed by atoms with Gasteiger partial charge in [0.25, 0.3) is 0 Å². The fourth-order valence-corrected chi connectivity index (χ4v) is 1.80. The summed E-state index contributed by atoms with van der Waals surface area (Å²) in [5.41, 5.74) is 1.95. The SMILES string of the molecule is CCC(C)CC(=O)N(C)Cc1ccc(C#CCO)cc1. The van der Waals surface area contributed by atoms with Gasteiger partial charge >= 0.3 is 0 Å². The highest BCUT2D eigenvalue weighted by Gasteiger charge is 2.12. The lowest BCUT2D eigenvalue weighted by Crippen LogP contribution is -2.27. The lowest BCUT2D eigenvalue weighted by molar-refractivity contribution is -0.131. The fourth-order valence-electron chi connectivity index (χ4n) is 1.80. The first-order valence-corrected chi connectivity index (χ1v) is 6.99. The van der Waals surface area contributed by atoms with Crippen molar-refractivity contribution in [3.63, 3.8) is 0 Å². The van der Waals surface area contributed by atoms with E-state index in [1.165, 1.54) is 0 Å². The number of benzene rings is 1. The van der Waals surface area contributed by atoms with Crippen molar-refractivity contribution in [3.8, 4) is 11.8 Å². The van der Waals surface area contributed by atoms with Crippen LogP contribution in [0.1, 0.15) is 37.8 Å². The van der Waals surface area contributed by atoms with Crippen molar-refractivity contribution in [2.75, 3.05) is 13.7 Å². The zero-order valence-electron chi connectivity index (χ0n) is 12.5. The average Bonchev–Trinajstić information content (AvgIpc) is 2.46. The second-order valence-corrected chi connectivity index (χ2v) is 5.12. The highest BCUT2D eigenvalue weighted by molar-refractivity contribution is 5.76. The van der Waals surface area contributed by atoms with Crippen LogP contribution in [0.15, 0.2) is 24.3 Å². The number of hydrogen-bond acceptors (Lipinski definition) is 2. The van der Waals surface area contributed by atoms with E-state index in [1.54, 1.807) is 4.90 Å². The second kappa shape index (κ2) is 8.39. The van der Waals surface area contributed by atoms with Crippen LogP contribution in [0.3, 0.4) is 0 Å². The van der Waals surface area contributed by atoms with Crippen LogP contribution in [-0.4, -0.2) is 29.6 Å². The zero-order valence-corrected chi connectivity index (χ0v) is 12.5. The van der Waals surface area contributed by atoms with Gasteiger partial charge in [0, 0.05) is 25.6 Å². The number of aliphatic hydroxyl groups excluding tert-OH is 1. The van der Waals surface area contributed by atoms with Crippen molar-refractivity contribution in [1.82, 2.24) is 4.90 Å². The van der Waals surface area contributed by atoms with Gasteiger partial charge in [0.1, 0.15) is 6.61 Å². The molecule has 0 aliphatic rings. The summed E-state index contributed by atoms with van der Waals surface area (Å²) >= 11 is 0. The van der Waals surface area contributed by atoms with Gasteiger partial charge in [-0.05, 0) is 23.6 Å². The Kier molecular flexibility index (Phi) is 6.83. The molecule has 0 heterocycles. The molecule has 3 nitrogen and oxygen atoms in total. The maximum atomic E-state index is 12.0. The van der Waals surface area contributed by atoms with E-state index in [1.807, 2.05) is 31.3 Å². The molecule has 3 heteroatoms. The summed E-state index contributed by atoms with van der Waals surface area (Å²) in [6, 6.07) is 7.75. The lowest BCUT2D eigenvalue weighted by Gasteiger charge is -2.19. The van der Waals surface area contributed by atoms with Crippen LogP contribution in [-0.2, 0) is 11.3 Å². The highest BCUT2D eigenvalue weighted by atomic mass is 16.2. The summed E-state index contributed by atoms with van der Waals surface area (Å²) < 4.78 is 0. The summed E-state index contributed by atoms with van der Waals surface area (Å²) in [5, 5.41) is 8.64. The van der Waals surface area contributed by atoms with Crippen LogP contribution >= 0.6 is 0 Å². The minimum Gasteiger partial charge on any atom is -0.384 e. The molecule has 1 rings (SSSR count). The van der Waals surface area contributed by atoms with Crippen LogP contribution in [0.25, 0.3) is 0 Å². The van der Waals surface area contributed by atoms with E-state index >= 15 is 0 Å². The van der Waals surface area contributed by atoms with Crippen LogP contribution in [0.5, 0.6) is 0 Å². The summed E-state index contributed by atoms with van der Waals surface area (Å²) in [6.45, 7) is 4.68. The minimum absolute atomic E-state index is 0.130. The van der Waals surface area contributed by atoms with Crippen LogP contribution in [0, 0.1) is 17.8 Å². The Hall–Kier alpha value is -1.79. The largest absolute Gasteiger partial charge is 0.384 e. The van der Waals surface area contributed by atoms with Gasteiger partial charge in [0.05, 0.1) is 0 Å². The van der Waals surface area contributed by atoms with Crippen molar-refractivity contribution in [1.29, 1.82) is 0 Å². The molecule has 0 aliphatic heterocycles. The summed E-state index contributed by atoms with van der Waals surface area (Å²) in [4.78, 5) is 13.8. The van der Waals surface area contributed by atoms with Crippen molar-refractivity contribution in [2.24, 2.45) is 5.92 Å². The van der Waals surface area contributed by atoms with Gasteiger partial charge in [0.2, 0.25) is 5.91 Å². The topological polar surface area (TPSA) is 40.5 Å². The predicted molar refractivity (Wildman–Crippen MR) is 81.0 cm³/mol. The standard InChI is InChI=1S/C17H23NO2/c1-4-14(2)12-17(20)18(3)13-16-9-7-15(8-10-16)6-5-11-19/h7-10,14,19H,4,11-13H2,1-3H3. The van der Waals surface area contributed by atoms with E-state index in [2.05, 4.69) is 25.7 Å². The normalized spacial score (nSPS) is 11.4. The van der Waals surface area contributed by atoms with E-state index in [-0.39, 0.29) is 12.5 Å². The first-order valence-electron chi connectivity index (χ1n) is 6.99. The second-order valence-electron chi connectivity index (χ2n) is 5.12. The highest BCUT2D eigenvalue weighted by Crippen LogP contribution is 2.11. The molecular formula is C17H23NO2. The number of carbonyl (C=O) groups is 1. The smallest absolute Gasteiger partial charge is 0.222 e. The van der Waals surface area contributed by atoms with Crippen molar-refractivity contribution in [3.05, 3.63) is 35.4 Å². The molecular weight excluding hydrogens is 250 g/mol. The number of hydrogen-bond donors (Lipinski definition) is 1. The molecule has 0 radical (unpaired) electrons. The third-order valence-electron chi connectivity index (χ3n) is 3.33. The molecule has 20 heavy (non-hydrogen) atoms. The van der Waals surface area contributed by atoms with Gasteiger partial charge < -0.3 is 10.0 Å². The van der Waals surface area contributed by atoms with Crippen LogP contribution in [0.4, 0.5) is 0 Å². The lowest BCUT2D eigenvalue weighted by atomic mass is 10.0. The summed E-state index contributed by atoms with van der Waals surface area (Å²) in [5.74, 6) is 6.08. The third-order valence-corrected chi connectivity index (χ3v) is 3.33. The first-order chi connectivity index (χ1) is 9.56. The molecule has 1 aromatic carbocycles. The molecule has 0 saturated carbocycles. The van der Waals surface area contributed by atoms with Crippen LogP contribution < -0.4 is 0 Å². The van der Waals surface area contributed by atoms with Crippen LogP contribution in [0.2, 0.25) is 0 Å². The third kappa shape index (κ3) is 5.46. The van der Waals surface area contributed by atoms with Gasteiger partial charge in [0.15, 0.2) is 0 Å². The fraction of sp³-hybridized carbons (Fsp3) is 0.471. The Morgan fingerprint density at radius 2 is 2.00 bits per heavy atom. The van der Waals surface area contributed by atoms with Gasteiger partial charge in [-0.3, -0.25) is 4.79 Å². The van der Waals surface area contributed by atoms with Crippen molar-refractivity contribution in [2.45, 2.75) is 33.2 Å². The Morgan fingerprint density at radius 3 is 2.55 bits per heavy atom. The molecule has 1 N–H and O–H groups in total. The van der Waals surface area contributed by atoms with Gasteiger partial charge in [-0.1, -0.05) is 44.2 Å². The maximum absolute atomic E-state index is 12.0. The van der Waals surface area contributed by atoms with E-state index < -0.39 is 0 Å². The zero-order chi connectivity index (χ0) is 15.0. The van der Waals surface area contributed by atoms with E-state index in [0.717, 1.165) is 17.5 Å². The summed E-state index contributed by atoms with van der Waals surface area (Å²) in [7, 11) is 1.84. The Labute approximate surface area is 121 Å². The average molecular weight is 273 g/mol. The Morgan fingerprint density at radius 1 is 1.35 bits per heavy atom. The molecule has 1 aromatic rings. The van der Waals surface area contributed by atoms with Gasteiger partial charge in [-0.2, -0.15) is 0 Å². The Bertz CT molecular complexity index is 482. The van der Waals surface area contributed by atoms with Crippen molar-refractivity contribution >= 4 is 5.91 Å². The number of nitrogens with zero attached hydrogens (tertiary/aromatic N) is 1. The summed E-state index contributed by atoms with van der Waals surface area (Å²) in [6.07, 6.45) is 1.63. The number of carbonyl (C=O) groups excluding carboxylic acids is 1. The van der Waals surface area contributed by atoms with Gasteiger partial charge in [-0.15, -0.1) is 0 Å². The Balaban J connectivity index is 2.57. The van der Waals surface area contributed by atoms with E-state index in [0.29, 0.717) is 18.9 Å². The molecule has 0 bridgehead atoms. The predicted octanol–water partition coefficient (Wildman–Crippen LogP) is 2.43. The molecule has 0 fully saturated rings. The molecule has 1 atom stereocenters. The van der Waals surface area contributed by atoms with E-state index in [4.69, 9.17) is 5.11 Å². The van der Waals surface area contributed by atoms with E-state index in [9.17, 15) is 4.79 Å². The number of rotatable bonds is 5. The number of aliphatic hydroxyl groups is 1. The molecule has 1 amide bonds. The molecule has 0 spiro atoms. The molecule has 0 saturated heterocycles. The molecule has 108 valence electrons. The van der Waals surface area contributed by atoms with Gasteiger partial charge in [-0.25, -0.2) is 0 Å². The molecule has 0 aromatic heterocycles. The van der Waals surface area contributed by atoms with Crippen molar-refractivity contribution < 1.29 is 9.90 Å².